The Hall–Kier alpha value is -0.520. The largest absolute Gasteiger partial charge is 0.103 e. The molecule has 0 atom stereocenters. The van der Waals surface area contributed by atoms with Crippen LogP contribution in [-0.4, -0.2) is 0 Å². The van der Waals surface area contributed by atoms with Crippen LogP contribution in [0.1, 0.15) is 78.1 Å². The molecule has 0 aromatic carbocycles. The van der Waals surface area contributed by atoms with Crippen LogP contribution in [0.3, 0.4) is 0 Å². The van der Waals surface area contributed by atoms with E-state index in [1.165, 1.54) is 57.8 Å². The van der Waals surface area contributed by atoms with E-state index in [1.54, 1.807) is 5.57 Å². The molecule has 0 radical (unpaired) electrons. The Morgan fingerprint density at radius 3 is 2.25 bits per heavy atom. The highest BCUT2D eigenvalue weighted by Crippen LogP contribution is 2.16. The van der Waals surface area contributed by atoms with Gasteiger partial charge in [0.05, 0.1) is 0 Å². The van der Waals surface area contributed by atoms with Crippen LogP contribution in [0.25, 0.3) is 0 Å². The van der Waals surface area contributed by atoms with Gasteiger partial charge in [0.2, 0.25) is 0 Å². The molecule has 0 aromatic heterocycles. The summed E-state index contributed by atoms with van der Waals surface area (Å²) >= 11 is 0. The Balaban J connectivity index is 3.75. The molecule has 0 heterocycles. The van der Waals surface area contributed by atoms with Crippen molar-refractivity contribution in [3.8, 4) is 0 Å². The molecule has 0 aromatic rings. The van der Waals surface area contributed by atoms with Crippen molar-refractivity contribution in [3.05, 3.63) is 24.3 Å². The maximum Gasteiger partial charge on any atom is -0.0286 e. The second-order valence-electron chi connectivity index (χ2n) is 4.64. The molecule has 0 aliphatic carbocycles. The van der Waals surface area contributed by atoms with Crippen LogP contribution >= 0.6 is 0 Å². The third-order valence-corrected chi connectivity index (χ3v) is 3.01. The molecule has 0 N–H and O–H groups in total. The van der Waals surface area contributed by atoms with E-state index in [4.69, 9.17) is 0 Å². The summed E-state index contributed by atoms with van der Waals surface area (Å²) in [6, 6.07) is 0. The van der Waals surface area contributed by atoms with E-state index in [1.807, 2.05) is 6.08 Å². The molecule has 0 amide bonds. The molecule has 0 unspecified atom stereocenters. The predicted molar refractivity (Wildman–Crippen MR) is 75.8 cm³/mol. The lowest BCUT2D eigenvalue weighted by Crippen LogP contribution is -1.85. The molecule has 0 aliphatic rings. The zero-order valence-electron chi connectivity index (χ0n) is 11.4. The minimum atomic E-state index is 1.14. The predicted octanol–water partition coefficient (Wildman–Crippen LogP) is 6.04. The average Bonchev–Trinajstić information content (AvgIpc) is 2.31. The number of unbranched alkanes of at least 4 members (excludes halogenated alkanes) is 5. The van der Waals surface area contributed by atoms with Crippen LogP contribution in [0.2, 0.25) is 0 Å². The summed E-state index contributed by atoms with van der Waals surface area (Å²) in [6.07, 6.45) is 17.7. The van der Waals surface area contributed by atoms with Gasteiger partial charge < -0.3 is 0 Å². The van der Waals surface area contributed by atoms with Crippen molar-refractivity contribution >= 4 is 0 Å². The smallest absolute Gasteiger partial charge is 0.0286 e. The van der Waals surface area contributed by atoms with E-state index in [0.717, 1.165) is 6.42 Å². The van der Waals surface area contributed by atoms with Gasteiger partial charge in [-0.2, -0.15) is 0 Å². The Bertz CT molecular complexity index is 176. The molecule has 0 bridgehead atoms. The molecular weight excluding hydrogens is 192 g/mol. The van der Waals surface area contributed by atoms with Crippen LogP contribution in [0.5, 0.6) is 0 Å². The van der Waals surface area contributed by atoms with Crippen molar-refractivity contribution in [3.63, 3.8) is 0 Å². The first-order chi connectivity index (χ1) is 7.85. The second kappa shape index (κ2) is 12.5. The first-order valence-corrected chi connectivity index (χ1v) is 7.13. The van der Waals surface area contributed by atoms with E-state index in [-0.39, 0.29) is 0 Å². The Kier molecular flexibility index (Phi) is 12.1. The first-order valence-electron chi connectivity index (χ1n) is 7.13. The van der Waals surface area contributed by atoms with Gasteiger partial charge in [-0.1, -0.05) is 57.3 Å². The molecule has 16 heavy (non-hydrogen) atoms. The minimum absolute atomic E-state index is 1.14. The van der Waals surface area contributed by atoms with Gasteiger partial charge in [-0.25, -0.2) is 0 Å². The molecule has 0 rings (SSSR count). The van der Waals surface area contributed by atoms with E-state index >= 15 is 0 Å². The topological polar surface area (TPSA) is 0 Å². The summed E-state index contributed by atoms with van der Waals surface area (Å²) in [5.74, 6) is 0. The van der Waals surface area contributed by atoms with E-state index in [9.17, 15) is 0 Å². The number of allylic oxidation sites excluding steroid dienone is 3. The van der Waals surface area contributed by atoms with Crippen molar-refractivity contribution in [2.75, 3.05) is 0 Å². The van der Waals surface area contributed by atoms with Gasteiger partial charge in [0, 0.05) is 0 Å². The Labute approximate surface area is 103 Å². The molecule has 0 saturated heterocycles. The summed E-state index contributed by atoms with van der Waals surface area (Å²) < 4.78 is 0. The first kappa shape index (κ1) is 15.5. The van der Waals surface area contributed by atoms with Gasteiger partial charge in [-0.3, -0.25) is 0 Å². The van der Waals surface area contributed by atoms with E-state index < -0.39 is 0 Å². The maximum absolute atomic E-state index is 3.81. The lowest BCUT2D eigenvalue weighted by atomic mass is 10.0. The SMILES string of the molecule is C=CCCC(=CCCCCCC)CCCC. The van der Waals surface area contributed by atoms with Crippen LogP contribution in [0, 0.1) is 0 Å². The van der Waals surface area contributed by atoms with Crippen molar-refractivity contribution in [1.82, 2.24) is 0 Å². The zero-order chi connectivity index (χ0) is 12.1. The van der Waals surface area contributed by atoms with E-state index in [2.05, 4.69) is 26.5 Å². The highest BCUT2D eigenvalue weighted by Gasteiger charge is 1.96. The molecule has 0 saturated carbocycles. The minimum Gasteiger partial charge on any atom is -0.103 e. The Morgan fingerprint density at radius 2 is 1.62 bits per heavy atom. The Morgan fingerprint density at radius 1 is 0.875 bits per heavy atom. The quantitative estimate of drug-likeness (QED) is 0.295. The fraction of sp³-hybridized carbons (Fsp3) is 0.750. The van der Waals surface area contributed by atoms with Gasteiger partial charge >= 0.3 is 0 Å². The number of hydrogen-bond donors (Lipinski definition) is 0. The van der Waals surface area contributed by atoms with Gasteiger partial charge in [0.15, 0.2) is 0 Å². The van der Waals surface area contributed by atoms with Gasteiger partial charge in [0.25, 0.3) is 0 Å². The lowest BCUT2D eigenvalue weighted by Gasteiger charge is -2.05. The molecule has 0 heteroatoms. The van der Waals surface area contributed by atoms with Gasteiger partial charge in [-0.15, -0.1) is 6.58 Å². The molecule has 0 aliphatic heterocycles. The van der Waals surface area contributed by atoms with Crippen molar-refractivity contribution < 1.29 is 0 Å². The molecule has 0 fully saturated rings. The van der Waals surface area contributed by atoms with Crippen LogP contribution in [-0.2, 0) is 0 Å². The fourth-order valence-corrected chi connectivity index (χ4v) is 1.90. The average molecular weight is 222 g/mol. The summed E-state index contributed by atoms with van der Waals surface area (Å²) in [5.41, 5.74) is 1.67. The molecule has 0 spiro atoms. The maximum atomic E-state index is 3.81. The van der Waals surface area contributed by atoms with Gasteiger partial charge in [-0.05, 0) is 38.5 Å². The number of rotatable bonds is 11. The molecular formula is C16H30. The van der Waals surface area contributed by atoms with Crippen molar-refractivity contribution in [2.24, 2.45) is 0 Å². The third-order valence-electron chi connectivity index (χ3n) is 3.01. The summed E-state index contributed by atoms with van der Waals surface area (Å²) in [6.45, 7) is 8.35. The van der Waals surface area contributed by atoms with Crippen LogP contribution < -0.4 is 0 Å². The van der Waals surface area contributed by atoms with Gasteiger partial charge in [0.1, 0.15) is 0 Å². The highest BCUT2D eigenvalue weighted by molar-refractivity contribution is 5.03. The normalized spacial score (nSPS) is 11.8. The number of hydrogen-bond acceptors (Lipinski definition) is 0. The molecule has 94 valence electrons. The van der Waals surface area contributed by atoms with E-state index in [0.29, 0.717) is 0 Å². The van der Waals surface area contributed by atoms with Crippen LogP contribution in [0.4, 0.5) is 0 Å². The molecule has 0 nitrogen and oxygen atoms in total. The zero-order valence-corrected chi connectivity index (χ0v) is 11.4. The highest BCUT2D eigenvalue weighted by atomic mass is 14.0. The monoisotopic (exact) mass is 222 g/mol. The van der Waals surface area contributed by atoms with Crippen molar-refractivity contribution in [2.45, 2.75) is 78.1 Å². The summed E-state index contributed by atoms with van der Waals surface area (Å²) in [5, 5.41) is 0. The second-order valence-corrected chi connectivity index (χ2v) is 4.64. The van der Waals surface area contributed by atoms with Crippen molar-refractivity contribution in [1.29, 1.82) is 0 Å². The standard InChI is InChI=1S/C16H30/c1-4-7-10-11-12-15-16(13-8-5-2)14-9-6-3/h5,15H,2,4,6-14H2,1,3H3. The summed E-state index contributed by atoms with van der Waals surface area (Å²) in [4.78, 5) is 0. The van der Waals surface area contributed by atoms with Crippen LogP contribution in [0.15, 0.2) is 24.3 Å². The lowest BCUT2D eigenvalue weighted by molar-refractivity contribution is 0.668. The third kappa shape index (κ3) is 10.0. The fourth-order valence-electron chi connectivity index (χ4n) is 1.90. The summed E-state index contributed by atoms with van der Waals surface area (Å²) in [7, 11) is 0.